The number of rotatable bonds is 8. The molecule has 188 valence electrons. The van der Waals surface area contributed by atoms with Gasteiger partial charge in [0.1, 0.15) is 36.1 Å². The predicted octanol–water partition coefficient (Wildman–Crippen LogP) is 5.31. The Balaban J connectivity index is 1.43. The molecule has 1 aromatic carbocycles. The molecule has 1 atom stereocenters. The first-order valence-corrected chi connectivity index (χ1v) is 12.3. The summed E-state index contributed by atoms with van der Waals surface area (Å²) < 4.78 is 17.4. The number of carbonyl (C=O) groups is 2. The SMILES string of the molecule is CC(C)CC(COc1ccc2c(c1)OCc1cnc(NC(=O)C3CC3)cc1-2)NC(=O)OC(C)(C)C. The van der Waals surface area contributed by atoms with Crippen molar-refractivity contribution < 1.29 is 23.8 Å². The van der Waals surface area contributed by atoms with E-state index in [4.69, 9.17) is 14.2 Å². The van der Waals surface area contributed by atoms with E-state index >= 15 is 0 Å². The van der Waals surface area contributed by atoms with Crippen LogP contribution in [0.25, 0.3) is 11.1 Å². The van der Waals surface area contributed by atoms with Gasteiger partial charge in [0.2, 0.25) is 5.91 Å². The lowest BCUT2D eigenvalue weighted by atomic mass is 9.98. The second-order valence-corrected chi connectivity index (χ2v) is 10.7. The van der Waals surface area contributed by atoms with Crippen LogP contribution >= 0.6 is 0 Å². The van der Waals surface area contributed by atoms with Crippen LogP contribution in [0.4, 0.5) is 10.6 Å². The zero-order chi connectivity index (χ0) is 25.2. The van der Waals surface area contributed by atoms with E-state index in [0.717, 1.165) is 36.0 Å². The minimum atomic E-state index is -0.560. The van der Waals surface area contributed by atoms with Gasteiger partial charge in [-0.2, -0.15) is 0 Å². The highest BCUT2D eigenvalue weighted by molar-refractivity contribution is 5.94. The molecule has 2 amide bonds. The number of pyridine rings is 1. The molecular weight excluding hydrogens is 446 g/mol. The number of hydrogen-bond donors (Lipinski definition) is 2. The first-order chi connectivity index (χ1) is 16.6. The standard InChI is InChI=1S/C27H35N3O5/c1-16(2)10-19(29-26(32)35-27(3,4)5)15-33-20-8-9-21-22-12-24(30-25(31)17-6-7-17)28-13-18(22)14-34-23(21)11-20/h8-9,11-13,16-17,19H,6-7,10,14-15H2,1-5H3,(H,29,32)(H,28,30,31). The molecule has 2 heterocycles. The highest BCUT2D eigenvalue weighted by Gasteiger charge is 2.30. The number of benzene rings is 1. The normalized spacial score (nSPS) is 15.4. The lowest BCUT2D eigenvalue weighted by Gasteiger charge is -2.25. The van der Waals surface area contributed by atoms with Crippen molar-refractivity contribution in [2.75, 3.05) is 11.9 Å². The van der Waals surface area contributed by atoms with Gasteiger partial charge in [-0.05, 0) is 69.7 Å². The number of ether oxygens (including phenoxy) is 3. The number of carbonyl (C=O) groups excluding carboxylic acids is 2. The van der Waals surface area contributed by atoms with Crippen molar-refractivity contribution in [2.45, 2.75) is 72.1 Å². The fourth-order valence-corrected chi connectivity index (χ4v) is 3.99. The molecule has 0 bridgehead atoms. The largest absolute Gasteiger partial charge is 0.491 e. The van der Waals surface area contributed by atoms with Crippen molar-refractivity contribution in [3.63, 3.8) is 0 Å². The van der Waals surface area contributed by atoms with E-state index in [9.17, 15) is 9.59 Å². The zero-order valence-electron chi connectivity index (χ0n) is 21.1. The van der Waals surface area contributed by atoms with Crippen LogP contribution in [0.2, 0.25) is 0 Å². The van der Waals surface area contributed by atoms with Gasteiger partial charge in [0.25, 0.3) is 0 Å². The minimum Gasteiger partial charge on any atom is -0.491 e. The number of fused-ring (bicyclic) bond motifs is 3. The maximum atomic E-state index is 12.3. The molecule has 2 aromatic rings. The Morgan fingerprint density at radius 3 is 2.63 bits per heavy atom. The molecule has 2 N–H and O–H groups in total. The summed E-state index contributed by atoms with van der Waals surface area (Å²) in [6.07, 6.45) is 3.96. The predicted molar refractivity (Wildman–Crippen MR) is 133 cm³/mol. The third-order valence-corrected chi connectivity index (χ3v) is 5.74. The molecule has 8 heteroatoms. The second-order valence-electron chi connectivity index (χ2n) is 10.7. The molecule has 1 aliphatic heterocycles. The van der Waals surface area contributed by atoms with Crippen LogP contribution in [0.15, 0.2) is 30.5 Å². The molecule has 1 aliphatic carbocycles. The summed E-state index contributed by atoms with van der Waals surface area (Å²) in [7, 11) is 0. The first kappa shape index (κ1) is 24.8. The second kappa shape index (κ2) is 10.1. The maximum absolute atomic E-state index is 12.3. The Kier molecular flexibility index (Phi) is 7.19. The molecule has 1 unspecified atom stereocenters. The van der Waals surface area contributed by atoms with Gasteiger partial charge in [0, 0.05) is 29.3 Å². The third-order valence-electron chi connectivity index (χ3n) is 5.74. The van der Waals surface area contributed by atoms with E-state index in [2.05, 4.69) is 29.5 Å². The van der Waals surface area contributed by atoms with Crippen LogP contribution in [0, 0.1) is 11.8 Å². The van der Waals surface area contributed by atoms with Gasteiger partial charge < -0.3 is 24.8 Å². The van der Waals surface area contributed by atoms with Crippen molar-refractivity contribution in [3.05, 3.63) is 36.0 Å². The molecule has 4 rings (SSSR count). The monoisotopic (exact) mass is 481 g/mol. The Morgan fingerprint density at radius 1 is 1.17 bits per heavy atom. The highest BCUT2D eigenvalue weighted by Crippen LogP contribution is 2.40. The van der Waals surface area contributed by atoms with Crippen LogP contribution < -0.4 is 20.1 Å². The van der Waals surface area contributed by atoms with Crippen molar-refractivity contribution in [1.82, 2.24) is 10.3 Å². The number of amides is 2. The van der Waals surface area contributed by atoms with Gasteiger partial charge in [-0.3, -0.25) is 4.79 Å². The van der Waals surface area contributed by atoms with Crippen molar-refractivity contribution in [1.29, 1.82) is 0 Å². The fraction of sp³-hybridized carbons (Fsp3) is 0.519. The summed E-state index contributed by atoms with van der Waals surface area (Å²) in [6.45, 7) is 10.4. The highest BCUT2D eigenvalue weighted by atomic mass is 16.6. The lowest BCUT2D eigenvalue weighted by Crippen LogP contribution is -2.42. The summed E-state index contributed by atoms with van der Waals surface area (Å²) in [5.41, 5.74) is 2.32. The first-order valence-electron chi connectivity index (χ1n) is 12.3. The summed E-state index contributed by atoms with van der Waals surface area (Å²) >= 11 is 0. The Bertz CT molecular complexity index is 1090. The lowest BCUT2D eigenvalue weighted by molar-refractivity contribution is -0.117. The molecule has 1 aromatic heterocycles. The van der Waals surface area contributed by atoms with Gasteiger partial charge in [-0.1, -0.05) is 13.8 Å². The fourth-order valence-electron chi connectivity index (χ4n) is 3.99. The van der Waals surface area contributed by atoms with Crippen LogP contribution in [-0.4, -0.2) is 35.2 Å². The molecule has 35 heavy (non-hydrogen) atoms. The quantitative estimate of drug-likeness (QED) is 0.530. The van der Waals surface area contributed by atoms with Crippen molar-refractivity contribution in [3.8, 4) is 22.6 Å². The van der Waals surface area contributed by atoms with Crippen LogP contribution in [0.1, 0.15) is 59.4 Å². The van der Waals surface area contributed by atoms with Gasteiger partial charge in [-0.15, -0.1) is 0 Å². The van der Waals surface area contributed by atoms with Gasteiger partial charge in [0.05, 0.1) is 6.04 Å². The summed E-state index contributed by atoms with van der Waals surface area (Å²) in [5, 5.41) is 5.84. The smallest absolute Gasteiger partial charge is 0.407 e. The molecule has 1 fully saturated rings. The summed E-state index contributed by atoms with van der Waals surface area (Å²) in [6, 6.07) is 7.42. The average molecular weight is 482 g/mol. The number of hydrogen-bond acceptors (Lipinski definition) is 6. The molecule has 0 radical (unpaired) electrons. The zero-order valence-corrected chi connectivity index (χ0v) is 21.1. The van der Waals surface area contributed by atoms with E-state index in [-0.39, 0.29) is 17.9 Å². The Morgan fingerprint density at radius 2 is 1.94 bits per heavy atom. The van der Waals surface area contributed by atoms with Crippen molar-refractivity contribution in [2.24, 2.45) is 11.8 Å². The van der Waals surface area contributed by atoms with Crippen LogP contribution in [0.5, 0.6) is 11.5 Å². The molecule has 1 saturated carbocycles. The van der Waals surface area contributed by atoms with E-state index in [1.807, 2.05) is 45.0 Å². The maximum Gasteiger partial charge on any atom is 0.407 e. The molecule has 0 spiro atoms. The Labute approximate surface area is 206 Å². The van der Waals surface area contributed by atoms with Gasteiger partial charge in [-0.25, -0.2) is 9.78 Å². The number of aromatic nitrogens is 1. The van der Waals surface area contributed by atoms with Crippen molar-refractivity contribution >= 4 is 17.8 Å². The number of nitrogens with one attached hydrogen (secondary N) is 2. The number of anilines is 1. The average Bonchev–Trinajstić information content (AvgIpc) is 3.61. The van der Waals surface area contributed by atoms with Gasteiger partial charge in [0.15, 0.2) is 0 Å². The van der Waals surface area contributed by atoms with E-state index < -0.39 is 11.7 Å². The van der Waals surface area contributed by atoms with Crippen LogP contribution in [-0.2, 0) is 16.1 Å². The van der Waals surface area contributed by atoms with E-state index in [0.29, 0.717) is 36.4 Å². The topological polar surface area (TPSA) is 98.8 Å². The number of nitrogens with zero attached hydrogens (tertiary/aromatic N) is 1. The summed E-state index contributed by atoms with van der Waals surface area (Å²) in [5.74, 6) is 2.45. The molecular formula is C27H35N3O5. The minimum absolute atomic E-state index is 0.0319. The number of alkyl carbamates (subject to hydrolysis) is 1. The van der Waals surface area contributed by atoms with Gasteiger partial charge >= 0.3 is 6.09 Å². The Hall–Kier alpha value is -3.29. The van der Waals surface area contributed by atoms with E-state index in [1.165, 1.54) is 0 Å². The van der Waals surface area contributed by atoms with Crippen LogP contribution in [0.3, 0.4) is 0 Å². The summed E-state index contributed by atoms with van der Waals surface area (Å²) in [4.78, 5) is 28.8. The van der Waals surface area contributed by atoms with E-state index in [1.54, 1.807) is 6.20 Å². The molecule has 8 nitrogen and oxygen atoms in total. The third kappa shape index (κ3) is 6.87. The molecule has 2 aliphatic rings. The molecule has 0 saturated heterocycles.